The summed E-state index contributed by atoms with van der Waals surface area (Å²) in [5.41, 5.74) is -0.0437. The lowest BCUT2D eigenvalue weighted by atomic mass is 10.2. The van der Waals surface area contributed by atoms with Crippen molar-refractivity contribution in [3.05, 3.63) is 35.6 Å². The van der Waals surface area contributed by atoms with Crippen molar-refractivity contribution < 1.29 is 23.4 Å². The number of methoxy groups -OCH3 is 1. The smallest absolute Gasteiger partial charge is 0.341 e. The minimum Gasteiger partial charge on any atom is -0.462 e. The Labute approximate surface area is 106 Å². The van der Waals surface area contributed by atoms with E-state index in [1.165, 1.54) is 18.2 Å². The van der Waals surface area contributed by atoms with Gasteiger partial charge in [0, 0.05) is 20.1 Å². The van der Waals surface area contributed by atoms with Crippen LogP contribution in [0.2, 0.25) is 0 Å². The van der Waals surface area contributed by atoms with Gasteiger partial charge in [0.1, 0.15) is 5.82 Å². The van der Waals surface area contributed by atoms with E-state index in [-0.39, 0.29) is 12.2 Å². The minimum absolute atomic E-state index is 0.0437. The summed E-state index contributed by atoms with van der Waals surface area (Å²) in [5.74, 6) is -1.22. The second kappa shape index (κ2) is 8.60. The molecule has 100 valence electrons. The van der Waals surface area contributed by atoms with Crippen LogP contribution < -0.4 is 0 Å². The van der Waals surface area contributed by atoms with Crippen molar-refractivity contribution in [2.24, 2.45) is 0 Å². The highest BCUT2D eigenvalue weighted by atomic mass is 19.1. The number of carbonyl (C=O) groups is 1. The first-order valence-corrected chi connectivity index (χ1v) is 5.74. The van der Waals surface area contributed by atoms with Gasteiger partial charge in [-0.2, -0.15) is 0 Å². The van der Waals surface area contributed by atoms with Gasteiger partial charge in [-0.15, -0.1) is 0 Å². The third-order valence-corrected chi connectivity index (χ3v) is 2.19. The second-order valence-electron chi connectivity index (χ2n) is 3.57. The molecular formula is C13H17FO4. The van der Waals surface area contributed by atoms with E-state index in [0.29, 0.717) is 26.2 Å². The lowest BCUT2D eigenvalue weighted by molar-refractivity contribution is 0.0382. The van der Waals surface area contributed by atoms with Gasteiger partial charge in [-0.25, -0.2) is 9.18 Å². The molecule has 0 radical (unpaired) electrons. The van der Waals surface area contributed by atoms with Crippen LogP contribution in [0.3, 0.4) is 0 Å². The number of rotatable bonds is 8. The molecule has 5 heteroatoms. The highest BCUT2D eigenvalue weighted by Gasteiger charge is 2.11. The van der Waals surface area contributed by atoms with Gasteiger partial charge >= 0.3 is 5.97 Å². The summed E-state index contributed by atoms with van der Waals surface area (Å²) < 4.78 is 28.1. The van der Waals surface area contributed by atoms with Gasteiger partial charge in [-0.05, 0) is 12.1 Å². The maximum atomic E-state index is 13.2. The molecule has 0 bridgehead atoms. The van der Waals surface area contributed by atoms with Gasteiger partial charge in [0.2, 0.25) is 0 Å². The SMILES string of the molecule is COCCOCCCOC(=O)c1ccccc1F. The van der Waals surface area contributed by atoms with E-state index in [4.69, 9.17) is 14.2 Å². The standard InChI is InChI=1S/C13H17FO4/c1-16-9-10-17-7-4-8-18-13(15)11-5-2-3-6-12(11)14/h2-3,5-6H,4,7-10H2,1H3. The van der Waals surface area contributed by atoms with Crippen LogP contribution in [-0.2, 0) is 14.2 Å². The molecule has 0 saturated heterocycles. The summed E-state index contributed by atoms with van der Waals surface area (Å²) in [7, 11) is 1.60. The zero-order valence-corrected chi connectivity index (χ0v) is 10.4. The largest absolute Gasteiger partial charge is 0.462 e. The van der Waals surface area contributed by atoms with Crippen molar-refractivity contribution in [3.63, 3.8) is 0 Å². The molecule has 4 nitrogen and oxygen atoms in total. The van der Waals surface area contributed by atoms with E-state index in [2.05, 4.69) is 0 Å². The summed E-state index contributed by atoms with van der Waals surface area (Å²) >= 11 is 0. The highest BCUT2D eigenvalue weighted by molar-refractivity contribution is 5.89. The van der Waals surface area contributed by atoms with Gasteiger partial charge in [0.05, 0.1) is 25.4 Å². The van der Waals surface area contributed by atoms with Crippen LogP contribution in [0.4, 0.5) is 4.39 Å². The fraction of sp³-hybridized carbons (Fsp3) is 0.462. The predicted molar refractivity (Wildman–Crippen MR) is 64.0 cm³/mol. The minimum atomic E-state index is -0.648. The molecule has 1 aromatic carbocycles. The van der Waals surface area contributed by atoms with Gasteiger partial charge in [0.15, 0.2) is 0 Å². The first-order chi connectivity index (χ1) is 8.75. The van der Waals surface area contributed by atoms with E-state index in [0.717, 1.165) is 0 Å². The van der Waals surface area contributed by atoms with Gasteiger partial charge in [-0.3, -0.25) is 0 Å². The Morgan fingerprint density at radius 2 is 1.94 bits per heavy atom. The van der Waals surface area contributed by atoms with Crippen molar-refractivity contribution in [1.29, 1.82) is 0 Å². The predicted octanol–water partition coefficient (Wildman–Crippen LogP) is 2.04. The lowest BCUT2D eigenvalue weighted by Gasteiger charge is -2.06. The van der Waals surface area contributed by atoms with Crippen LogP contribution in [0.1, 0.15) is 16.8 Å². The van der Waals surface area contributed by atoms with Gasteiger partial charge in [0.25, 0.3) is 0 Å². The fourth-order valence-electron chi connectivity index (χ4n) is 1.27. The number of ether oxygens (including phenoxy) is 3. The van der Waals surface area contributed by atoms with Crippen molar-refractivity contribution in [1.82, 2.24) is 0 Å². The number of hydrogen-bond donors (Lipinski definition) is 0. The third kappa shape index (κ3) is 5.25. The summed E-state index contributed by atoms with van der Waals surface area (Å²) in [6.07, 6.45) is 0.573. The van der Waals surface area contributed by atoms with E-state index < -0.39 is 11.8 Å². The molecule has 0 fully saturated rings. The number of esters is 1. The molecule has 0 heterocycles. The monoisotopic (exact) mass is 256 g/mol. The van der Waals surface area contributed by atoms with Crippen LogP contribution in [0, 0.1) is 5.82 Å². The molecule has 0 saturated carbocycles. The Balaban J connectivity index is 2.16. The zero-order valence-electron chi connectivity index (χ0n) is 10.4. The molecule has 0 aliphatic rings. The Morgan fingerprint density at radius 1 is 1.17 bits per heavy atom. The van der Waals surface area contributed by atoms with E-state index in [1.807, 2.05) is 0 Å². The van der Waals surface area contributed by atoms with Crippen LogP contribution in [0.25, 0.3) is 0 Å². The van der Waals surface area contributed by atoms with Crippen molar-refractivity contribution in [3.8, 4) is 0 Å². The molecule has 0 aromatic heterocycles. The van der Waals surface area contributed by atoms with Crippen molar-refractivity contribution in [2.75, 3.05) is 33.5 Å². The van der Waals surface area contributed by atoms with Crippen molar-refractivity contribution >= 4 is 5.97 Å². The highest BCUT2D eigenvalue weighted by Crippen LogP contribution is 2.07. The van der Waals surface area contributed by atoms with Crippen LogP contribution in [-0.4, -0.2) is 39.5 Å². The molecule has 0 unspecified atom stereocenters. The Kier molecular flexibility index (Phi) is 6.98. The quantitative estimate of drug-likeness (QED) is 0.527. The molecule has 0 amide bonds. The average molecular weight is 256 g/mol. The van der Waals surface area contributed by atoms with Crippen LogP contribution >= 0.6 is 0 Å². The summed E-state index contributed by atoms with van der Waals surface area (Å²) in [5, 5.41) is 0. The first-order valence-electron chi connectivity index (χ1n) is 5.74. The molecule has 1 aromatic rings. The van der Waals surface area contributed by atoms with E-state index in [9.17, 15) is 9.18 Å². The molecule has 0 aliphatic heterocycles. The molecule has 0 N–H and O–H groups in total. The van der Waals surface area contributed by atoms with Crippen LogP contribution in [0.5, 0.6) is 0 Å². The molecule has 1 rings (SSSR count). The van der Waals surface area contributed by atoms with Gasteiger partial charge < -0.3 is 14.2 Å². The maximum Gasteiger partial charge on any atom is 0.341 e. The van der Waals surface area contributed by atoms with E-state index in [1.54, 1.807) is 13.2 Å². The molecule has 0 aliphatic carbocycles. The molecular weight excluding hydrogens is 239 g/mol. The molecule has 18 heavy (non-hydrogen) atoms. The summed E-state index contributed by atoms with van der Waals surface area (Å²) in [6.45, 7) is 1.74. The summed E-state index contributed by atoms with van der Waals surface area (Å²) in [6, 6.07) is 5.74. The Bertz CT molecular complexity index is 368. The van der Waals surface area contributed by atoms with E-state index >= 15 is 0 Å². The first kappa shape index (κ1) is 14.6. The molecule has 0 atom stereocenters. The lowest BCUT2D eigenvalue weighted by Crippen LogP contribution is -2.11. The number of halogens is 1. The Morgan fingerprint density at radius 3 is 2.67 bits per heavy atom. The number of benzene rings is 1. The fourth-order valence-corrected chi connectivity index (χ4v) is 1.27. The normalized spacial score (nSPS) is 10.3. The topological polar surface area (TPSA) is 44.8 Å². The average Bonchev–Trinajstić information content (AvgIpc) is 2.38. The van der Waals surface area contributed by atoms with Crippen molar-refractivity contribution in [2.45, 2.75) is 6.42 Å². The Hall–Kier alpha value is -1.46. The second-order valence-corrected chi connectivity index (χ2v) is 3.57. The molecule has 0 spiro atoms. The third-order valence-electron chi connectivity index (χ3n) is 2.19. The van der Waals surface area contributed by atoms with Crippen LogP contribution in [0.15, 0.2) is 24.3 Å². The maximum absolute atomic E-state index is 13.2. The number of carbonyl (C=O) groups excluding carboxylic acids is 1. The van der Waals surface area contributed by atoms with Gasteiger partial charge in [-0.1, -0.05) is 12.1 Å². The number of hydrogen-bond acceptors (Lipinski definition) is 4. The summed E-state index contributed by atoms with van der Waals surface area (Å²) in [4.78, 5) is 11.5. The zero-order chi connectivity index (χ0) is 13.2.